The van der Waals surface area contributed by atoms with Gasteiger partial charge < -0.3 is 5.11 Å². The lowest BCUT2D eigenvalue weighted by molar-refractivity contribution is -0.148. The van der Waals surface area contributed by atoms with Crippen molar-refractivity contribution >= 4 is 29.1 Å². The summed E-state index contributed by atoms with van der Waals surface area (Å²) < 4.78 is 0. The maximum Gasteiger partial charge on any atom is 0.307 e. The molecule has 0 aliphatic heterocycles. The van der Waals surface area contributed by atoms with Crippen LogP contribution < -0.4 is 10.9 Å². The maximum atomic E-state index is 12.4. The minimum atomic E-state index is -0.961. The van der Waals surface area contributed by atoms with Crippen LogP contribution in [0, 0.1) is 37.5 Å². The number of hydrogen-bond acceptors (Lipinski definition) is 4. The lowest BCUT2D eigenvalue weighted by Crippen LogP contribution is -2.48. The zero-order valence-electron chi connectivity index (χ0n) is 12.8. The van der Waals surface area contributed by atoms with Crippen LogP contribution in [0.15, 0.2) is 17.5 Å². The van der Waals surface area contributed by atoms with Crippen LogP contribution in [0.25, 0.3) is 0 Å². The zero-order chi connectivity index (χ0) is 16.7. The molecule has 1 saturated carbocycles. The van der Waals surface area contributed by atoms with Crippen LogP contribution in [0.1, 0.15) is 27.2 Å². The molecular formula is C16H18N2O4S. The molecule has 1 heterocycles. The Morgan fingerprint density at radius 3 is 2.35 bits per heavy atom. The van der Waals surface area contributed by atoms with Gasteiger partial charge >= 0.3 is 5.97 Å². The molecule has 0 aromatic carbocycles. The van der Waals surface area contributed by atoms with Gasteiger partial charge in [-0.15, -0.1) is 11.3 Å². The molecule has 2 aliphatic rings. The number of nitrogens with one attached hydrogen (secondary N) is 2. The van der Waals surface area contributed by atoms with Gasteiger partial charge in [-0.2, -0.15) is 0 Å². The molecule has 0 saturated heterocycles. The molecule has 2 bridgehead atoms. The number of carboxylic acid groups (broad SMARTS) is 1. The van der Waals surface area contributed by atoms with Crippen molar-refractivity contribution in [3.8, 4) is 0 Å². The molecule has 3 N–H and O–H groups in total. The summed E-state index contributed by atoms with van der Waals surface area (Å²) in [6, 6.07) is 0. The molecule has 2 aliphatic carbocycles. The van der Waals surface area contributed by atoms with Crippen LogP contribution in [0.4, 0.5) is 0 Å². The number of amides is 2. The molecule has 2 amide bonds. The SMILES string of the molecule is Cc1scc(C(=O)NNC(=O)[C@H]2[C@@H](C(=O)O)[C@H]3C=C[C@H]2C3)c1C. The summed E-state index contributed by atoms with van der Waals surface area (Å²) in [4.78, 5) is 36.9. The Morgan fingerprint density at radius 2 is 1.78 bits per heavy atom. The Hall–Kier alpha value is -2.15. The smallest absolute Gasteiger partial charge is 0.307 e. The quantitative estimate of drug-likeness (QED) is 0.578. The minimum Gasteiger partial charge on any atom is -0.481 e. The monoisotopic (exact) mass is 334 g/mol. The molecule has 0 radical (unpaired) electrons. The molecule has 7 heteroatoms. The van der Waals surface area contributed by atoms with Crippen molar-refractivity contribution in [1.82, 2.24) is 10.9 Å². The zero-order valence-corrected chi connectivity index (χ0v) is 13.6. The molecule has 4 atom stereocenters. The number of hydrazine groups is 1. The summed E-state index contributed by atoms with van der Waals surface area (Å²) in [7, 11) is 0. The molecule has 6 nitrogen and oxygen atoms in total. The van der Waals surface area contributed by atoms with Crippen molar-refractivity contribution in [2.24, 2.45) is 23.7 Å². The lowest BCUT2D eigenvalue weighted by atomic mass is 9.82. The van der Waals surface area contributed by atoms with Gasteiger partial charge in [-0.3, -0.25) is 25.2 Å². The summed E-state index contributed by atoms with van der Waals surface area (Å²) in [5.41, 5.74) is 6.20. The second kappa shape index (κ2) is 5.81. The van der Waals surface area contributed by atoms with Crippen molar-refractivity contribution < 1.29 is 19.5 Å². The highest BCUT2D eigenvalue weighted by Gasteiger charge is 2.51. The van der Waals surface area contributed by atoms with Crippen molar-refractivity contribution in [2.45, 2.75) is 20.3 Å². The topological polar surface area (TPSA) is 95.5 Å². The number of hydrogen-bond donors (Lipinski definition) is 3. The van der Waals surface area contributed by atoms with Gasteiger partial charge in [0.15, 0.2) is 0 Å². The standard InChI is InChI=1S/C16H18N2O4S/c1-7-8(2)23-6-11(7)14(19)17-18-15(20)12-9-3-4-10(5-9)13(12)16(21)22/h3-4,6,9-10,12-13H,5H2,1-2H3,(H,17,19)(H,18,20)(H,21,22)/t9-,10-,12+,13-/m0/s1. The van der Waals surface area contributed by atoms with Crippen LogP contribution in [0.5, 0.6) is 0 Å². The fourth-order valence-electron chi connectivity index (χ4n) is 3.52. The highest BCUT2D eigenvalue weighted by atomic mass is 32.1. The largest absolute Gasteiger partial charge is 0.481 e. The van der Waals surface area contributed by atoms with E-state index in [2.05, 4.69) is 10.9 Å². The molecular weight excluding hydrogens is 316 g/mol. The van der Waals surface area contributed by atoms with E-state index >= 15 is 0 Å². The van der Waals surface area contributed by atoms with E-state index in [4.69, 9.17) is 0 Å². The van der Waals surface area contributed by atoms with E-state index < -0.39 is 23.7 Å². The van der Waals surface area contributed by atoms with Gasteiger partial charge in [0, 0.05) is 10.3 Å². The van der Waals surface area contributed by atoms with Gasteiger partial charge in [-0.25, -0.2) is 0 Å². The second-order valence-electron chi connectivity index (χ2n) is 6.11. The molecule has 1 fully saturated rings. The number of rotatable bonds is 3. The Bertz CT molecular complexity index is 709. The lowest BCUT2D eigenvalue weighted by Gasteiger charge is -2.23. The van der Waals surface area contributed by atoms with E-state index in [-0.39, 0.29) is 17.7 Å². The minimum absolute atomic E-state index is 0.0665. The molecule has 0 spiro atoms. The van der Waals surface area contributed by atoms with E-state index in [9.17, 15) is 19.5 Å². The van der Waals surface area contributed by atoms with E-state index in [1.54, 1.807) is 5.38 Å². The third-order valence-corrected chi connectivity index (χ3v) is 5.89. The molecule has 0 unspecified atom stereocenters. The van der Waals surface area contributed by atoms with Gasteiger partial charge in [-0.05, 0) is 37.7 Å². The van der Waals surface area contributed by atoms with E-state index in [0.717, 1.165) is 10.4 Å². The average Bonchev–Trinajstić information content (AvgIpc) is 3.20. The number of carbonyl (C=O) groups excluding carboxylic acids is 2. The summed E-state index contributed by atoms with van der Waals surface area (Å²) in [6.45, 7) is 3.78. The first-order chi connectivity index (χ1) is 10.9. The highest BCUT2D eigenvalue weighted by molar-refractivity contribution is 7.10. The van der Waals surface area contributed by atoms with Gasteiger partial charge in [0.05, 0.1) is 17.4 Å². The number of aryl methyl sites for hydroxylation is 1. The van der Waals surface area contributed by atoms with E-state index in [1.165, 1.54) is 11.3 Å². The van der Waals surface area contributed by atoms with Crippen molar-refractivity contribution in [3.63, 3.8) is 0 Å². The number of fused-ring (bicyclic) bond motifs is 2. The van der Waals surface area contributed by atoms with Crippen molar-refractivity contribution in [1.29, 1.82) is 0 Å². The van der Waals surface area contributed by atoms with Crippen molar-refractivity contribution in [2.75, 3.05) is 0 Å². The fraction of sp³-hybridized carbons (Fsp3) is 0.438. The average molecular weight is 334 g/mol. The predicted molar refractivity (Wildman–Crippen MR) is 84.8 cm³/mol. The molecule has 23 heavy (non-hydrogen) atoms. The third kappa shape index (κ3) is 2.65. The highest BCUT2D eigenvalue weighted by Crippen LogP contribution is 2.48. The van der Waals surface area contributed by atoms with E-state index in [0.29, 0.717) is 12.0 Å². The normalized spacial score (nSPS) is 27.9. The van der Waals surface area contributed by atoms with Gasteiger partial charge in [0.2, 0.25) is 5.91 Å². The molecule has 3 rings (SSSR count). The molecule has 1 aromatic rings. The second-order valence-corrected chi connectivity index (χ2v) is 7.20. The third-order valence-electron chi connectivity index (χ3n) is 4.88. The van der Waals surface area contributed by atoms with Gasteiger partial charge in [0.1, 0.15) is 0 Å². The van der Waals surface area contributed by atoms with E-state index in [1.807, 2.05) is 26.0 Å². The Kier molecular flexibility index (Phi) is 3.97. The molecule has 1 aromatic heterocycles. The predicted octanol–water partition coefficient (Wildman–Crippen LogP) is 1.65. The van der Waals surface area contributed by atoms with Crippen molar-refractivity contribution in [3.05, 3.63) is 33.5 Å². The number of carboxylic acids is 1. The summed E-state index contributed by atoms with van der Waals surface area (Å²) in [5.74, 6) is -3.29. The molecule has 122 valence electrons. The first kappa shape index (κ1) is 15.7. The summed E-state index contributed by atoms with van der Waals surface area (Å²) >= 11 is 1.47. The van der Waals surface area contributed by atoms with Crippen LogP contribution in [0.2, 0.25) is 0 Å². The van der Waals surface area contributed by atoms with Crippen LogP contribution in [-0.2, 0) is 9.59 Å². The Morgan fingerprint density at radius 1 is 1.13 bits per heavy atom. The first-order valence-corrected chi connectivity index (χ1v) is 8.34. The van der Waals surface area contributed by atoms with Crippen LogP contribution in [-0.4, -0.2) is 22.9 Å². The Balaban J connectivity index is 1.66. The van der Waals surface area contributed by atoms with Gasteiger partial charge in [0.25, 0.3) is 5.91 Å². The summed E-state index contributed by atoms with van der Waals surface area (Å²) in [5, 5.41) is 11.1. The van der Waals surface area contributed by atoms with Gasteiger partial charge in [-0.1, -0.05) is 12.2 Å². The first-order valence-electron chi connectivity index (χ1n) is 7.46. The van der Waals surface area contributed by atoms with Crippen LogP contribution in [0.3, 0.4) is 0 Å². The maximum absolute atomic E-state index is 12.4. The number of allylic oxidation sites excluding steroid dienone is 2. The fourth-order valence-corrected chi connectivity index (χ4v) is 4.39. The number of carbonyl (C=O) groups is 3. The van der Waals surface area contributed by atoms with Crippen LogP contribution >= 0.6 is 11.3 Å². The number of thiophene rings is 1. The Labute approximate surface area is 137 Å². The number of aliphatic carboxylic acids is 1. The summed E-state index contributed by atoms with van der Waals surface area (Å²) in [6.07, 6.45) is 4.47.